The van der Waals surface area contributed by atoms with Crippen molar-refractivity contribution in [3.63, 3.8) is 0 Å². The van der Waals surface area contributed by atoms with E-state index in [1.54, 1.807) is 0 Å². The van der Waals surface area contributed by atoms with Crippen LogP contribution in [0, 0.1) is 5.92 Å². The van der Waals surface area contributed by atoms with Crippen molar-refractivity contribution in [2.45, 2.75) is 38.1 Å². The molecule has 2 atom stereocenters. The number of nitrogens with two attached hydrogens (primary N) is 1. The summed E-state index contributed by atoms with van der Waals surface area (Å²) >= 11 is 0. The topological polar surface area (TPSA) is 92.4 Å². The van der Waals surface area contributed by atoms with Crippen molar-refractivity contribution in [2.24, 2.45) is 11.1 Å². The summed E-state index contributed by atoms with van der Waals surface area (Å²) < 4.78 is 24.2. The van der Waals surface area contributed by atoms with Gasteiger partial charge in [-0.1, -0.05) is 19.8 Å². The van der Waals surface area contributed by atoms with Crippen molar-refractivity contribution in [1.82, 2.24) is 4.72 Å². The molecule has 0 aromatic heterocycles. The van der Waals surface area contributed by atoms with Crippen LogP contribution in [0.4, 0.5) is 0 Å². The van der Waals surface area contributed by atoms with Crippen LogP contribution in [0.3, 0.4) is 0 Å². The monoisotopic (exact) mass is 222 g/mol. The van der Waals surface area contributed by atoms with Gasteiger partial charge in [-0.2, -0.15) is 13.1 Å². The van der Waals surface area contributed by atoms with Crippen LogP contribution in [0.2, 0.25) is 0 Å². The molecule has 6 heteroatoms. The van der Waals surface area contributed by atoms with Crippen LogP contribution in [0.5, 0.6) is 0 Å². The van der Waals surface area contributed by atoms with Gasteiger partial charge in [0.2, 0.25) is 0 Å². The van der Waals surface area contributed by atoms with Gasteiger partial charge in [-0.15, -0.1) is 0 Å². The first-order valence-electron chi connectivity index (χ1n) is 4.79. The lowest BCUT2D eigenvalue weighted by Crippen LogP contribution is -2.55. The predicted octanol–water partition coefficient (Wildman–Crippen LogP) is -0.279. The lowest BCUT2D eigenvalue weighted by atomic mass is 9.78. The fourth-order valence-electron chi connectivity index (χ4n) is 2.23. The molecule has 84 valence electrons. The van der Waals surface area contributed by atoms with Crippen molar-refractivity contribution in [3.05, 3.63) is 0 Å². The minimum Gasteiger partial charge on any atom is -0.394 e. The molecule has 1 saturated carbocycles. The maximum absolute atomic E-state index is 10.9. The Labute approximate surface area is 84.9 Å². The first-order valence-corrected chi connectivity index (χ1v) is 6.34. The highest BCUT2D eigenvalue weighted by atomic mass is 32.2. The molecule has 1 fully saturated rings. The number of rotatable bonds is 3. The van der Waals surface area contributed by atoms with Crippen LogP contribution >= 0.6 is 0 Å². The largest absolute Gasteiger partial charge is 0.394 e. The van der Waals surface area contributed by atoms with Gasteiger partial charge in [0.25, 0.3) is 10.2 Å². The van der Waals surface area contributed by atoms with Crippen molar-refractivity contribution in [3.8, 4) is 0 Å². The molecule has 0 spiro atoms. The Bertz CT molecular complexity index is 291. The summed E-state index contributed by atoms with van der Waals surface area (Å²) in [7, 11) is -3.73. The van der Waals surface area contributed by atoms with Gasteiger partial charge in [0.15, 0.2) is 0 Å². The fraction of sp³-hybridized carbons (Fsp3) is 1.00. The number of aliphatic hydroxyl groups is 1. The molecule has 2 unspecified atom stereocenters. The van der Waals surface area contributed by atoms with Crippen molar-refractivity contribution < 1.29 is 13.5 Å². The maximum Gasteiger partial charge on any atom is 0.274 e. The SMILES string of the molecule is CC1CCCC(CO)(NS(N)(=O)=O)C1. The lowest BCUT2D eigenvalue weighted by molar-refractivity contribution is 0.120. The van der Waals surface area contributed by atoms with Gasteiger partial charge >= 0.3 is 0 Å². The van der Waals surface area contributed by atoms with Gasteiger partial charge in [-0.05, 0) is 18.8 Å². The maximum atomic E-state index is 10.9. The zero-order valence-electron chi connectivity index (χ0n) is 8.36. The Morgan fingerprint density at radius 1 is 1.64 bits per heavy atom. The smallest absolute Gasteiger partial charge is 0.274 e. The normalized spacial score (nSPS) is 34.4. The Kier molecular flexibility index (Phi) is 3.52. The van der Waals surface area contributed by atoms with Crippen LogP contribution in [0.25, 0.3) is 0 Å². The second-order valence-corrected chi connectivity index (χ2v) is 5.58. The average Bonchev–Trinajstić information content (AvgIpc) is 2.01. The highest BCUT2D eigenvalue weighted by molar-refractivity contribution is 7.87. The summed E-state index contributed by atoms with van der Waals surface area (Å²) in [6.45, 7) is 1.86. The summed E-state index contributed by atoms with van der Waals surface area (Å²) in [5, 5.41) is 14.2. The Morgan fingerprint density at radius 3 is 2.71 bits per heavy atom. The van der Waals surface area contributed by atoms with Gasteiger partial charge in [-0.3, -0.25) is 0 Å². The quantitative estimate of drug-likeness (QED) is 0.613. The summed E-state index contributed by atoms with van der Waals surface area (Å²) in [6.07, 6.45) is 3.31. The van der Waals surface area contributed by atoms with Crippen molar-refractivity contribution >= 4 is 10.2 Å². The van der Waals surface area contributed by atoms with E-state index in [0.717, 1.165) is 12.8 Å². The minimum absolute atomic E-state index is 0.187. The first kappa shape index (κ1) is 11.9. The van der Waals surface area contributed by atoms with E-state index in [1.807, 2.05) is 6.92 Å². The first-order chi connectivity index (χ1) is 6.37. The van der Waals surface area contributed by atoms with E-state index in [1.165, 1.54) is 0 Å². The van der Waals surface area contributed by atoms with Crippen LogP contribution in [-0.4, -0.2) is 25.7 Å². The third-order valence-electron chi connectivity index (χ3n) is 2.75. The molecule has 0 saturated heterocycles. The average molecular weight is 222 g/mol. The molecule has 5 nitrogen and oxygen atoms in total. The van der Waals surface area contributed by atoms with Crippen molar-refractivity contribution in [1.29, 1.82) is 0 Å². The van der Waals surface area contributed by atoms with Crippen LogP contribution in [-0.2, 0) is 10.2 Å². The van der Waals surface area contributed by atoms with E-state index in [-0.39, 0.29) is 6.61 Å². The predicted molar refractivity (Wildman–Crippen MR) is 53.7 cm³/mol. The highest BCUT2D eigenvalue weighted by Gasteiger charge is 2.36. The molecule has 1 aliphatic carbocycles. The van der Waals surface area contributed by atoms with E-state index in [0.29, 0.717) is 18.8 Å². The molecule has 0 aliphatic heterocycles. The Hall–Kier alpha value is -0.170. The summed E-state index contributed by atoms with van der Waals surface area (Å²) in [5.74, 6) is 0.421. The minimum atomic E-state index is -3.73. The molecule has 14 heavy (non-hydrogen) atoms. The summed E-state index contributed by atoms with van der Waals surface area (Å²) in [6, 6.07) is 0. The van der Waals surface area contributed by atoms with E-state index in [9.17, 15) is 13.5 Å². The molecule has 0 aromatic carbocycles. The van der Waals surface area contributed by atoms with E-state index in [4.69, 9.17) is 5.14 Å². The number of nitrogens with one attached hydrogen (secondary N) is 1. The molecular formula is C8H18N2O3S. The highest BCUT2D eigenvalue weighted by Crippen LogP contribution is 2.32. The third kappa shape index (κ3) is 3.20. The Morgan fingerprint density at radius 2 is 2.29 bits per heavy atom. The van der Waals surface area contributed by atoms with Crippen molar-refractivity contribution in [2.75, 3.05) is 6.61 Å². The van der Waals surface area contributed by atoms with Crippen LogP contribution in [0.1, 0.15) is 32.6 Å². The summed E-state index contributed by atoms with van der Waals surface area (Å²) in [5.41, 5.74) is -0.731. The van der Waals surface area contributed by atoms with Gasteiger partial charge in [-0.25, -0.2) is 5.14 Å². The number of hydrogen-bond donors (Lipinski definition) is 3. The van der Waals surface area contributed by atoms with E-state index < -0.39 is 15.7 Å². The molecule has 0 bridgehead atoms. The molecular weight excluding hydrogens is 204 g/mol. The lowest BCUT2D eigenvalue weighted by Gasteiger charge is -2.38. The molecule has 4 N–H and O–H groups in total. The zero-order valence-corrected chi connectivity index (χ0v) is 9.18. The fourth-order valence-corrected chi connectivity index (χ4v) is 3.08. The van der Waals surface area contributed by atoms with Crippen LogP contribution in [0.15, 0.2) is 0 Å². The number of aliphatic hydroxyl groups excluding tert-OH is 1. The number of hydrogen-bond acceptors (Lipinski definition) is 3. The second kappa shape index (κ2) is 4.14. The van der Waals surface area contributed by atoms with Gasteiger partial charge in [0.1, 0.15) is 0 Å². The summed E-state index contributed by atoms with van der Waals surface area (Å²) in [4.78, 5) is 0. The van der Waals surface area contributed by atoms with Gasteiger partial charge < -0.3 is 5.11 Å². The van der Waals surface area contributed by atoms with Crippen LogP contribution < -0.4 is 9.86 Å². The standard InChI is InChI=1S/C8H18N2O3S/c1-7-3-2-4-8(5-7,6-11)10-14(9,12)13/h7,10-11H,2-6H2,1H3,(H2,9,12,13). The molecule has 0 amide bonds. The van der Waals surface area contributed by atoms with E-state index >= 15 is 0 Å². The molecule has 1 rings (SSSR count). The van der Waals surface area contributed by atoms with E-state index in [2.05, 4.69) is 4.72 Å². The Balaban J connectivity index is 2.75. The molecule has 0 aromatic rings. The molecule has 0 radical (unpaired) electrons. The van der Waals surface area contributed by atoms with Gasteiger partial charge in [0, 0.05) is 0 Å². The third-order valence-corrected chi connectivity index (χ3v) is 3.47. The molecule has 1 aliphatic rings. The molecule has 0 heterocycles. The zero-order chi connectivity index (χ0) is 10.8. The van der Waals surface area contributed by atoms with Gasteiger partial charge in [0.05, 0.1) is 12.1 Å². The second-order valence-electron chi connectivity index (χ2n) is 4.29.